The largest absolute Gasteiger partial charge is 0.573 e. The van der Waals surface area contributed by atoms with Crippen LogP contribution in [-0.2, 0) is 17.8 Å². The molecule has 0 radical (unpaired) electrons. The van der Waals surface area contributed by atoms with Crippen molar-refractivity contribution in [2.45, 2.75) is 26.3 Å². The van der Waals surface area contributed by atoms with Crippen LogP contribution in [0.1, 0.15) is 15.4 Å². The molecule has 2 rings (SSSR count). The lowest BCUT2D eigenvalue weighted by molar-refractivity contribution is -0.274. The second-order valence-electron chi connectivity index (χ2n) is 4.49. The number of thiazole rings is 1. The smallest absolute Gasteiger partial charge is 0.406 e. The summed E-state index contributed by atoms with van der Waals surface area (Å²) in [7, 11) is 0. The molecule has 0 unspecified atom stereocenters. The molecule has 0 bridgehead atoms. The van der Waals surface area contributed by atoms with Crippen LogP contribution in [0.15, 0.2) is 30.5 Å². The van der Waals surface area contributed by atoms with Gasteiger partial charge >= 0.3 is 6.36 Å². The molecule has 2 aromatic rings. The number of carbonyl (C=O) groups is 1. The van der Waals surface area contributed by atoms with Gasteiger partial charge in [-0.1, -0.05) is 12.1 Å². The molecule has 4 nitrogen and oxygen atoms in total. The summed E-state index contributed by atoms with van der Waals surface area (Å²) in [5.41, 5.74) is 0.604. The first-order chi connectivity index (χ1) is 10.3. The highest BCUT2D eigenvalue weighted by molar-refractivity contribution is 7.11. The van der Waals surface area contributed by atoms with Crippen LogP contribution < -0.4 is 10.1 Å². The molecule has 1 aromatic heterocycles. The first-order valence-electron chi connectivity index (χ1n) is 6.34. The molecule has 1 heterocycles. The van der Waals surface area contributed by atoms with Gasteiger partial charge in [0.25, 0.3) is 0 Å². The third kappa shape index (κ3) is 5.36. The summed E-state index contributed by atoms with van der Waals surface area (Å²) in [6.45, 7) is 2.26. The molecule has 0 saturated carbocycles. The molecule has 118 valence electrons. The van der Waals surface area contributed by atoms with Gasteiger partial charge in [-0.25, -0.2) is 4.98 Å². The Morgan fingerprint density at radius 1 is 1.32 bits per heavy atom. The summed E-state index contributed by atoms with van der Waals surface area (Å²) < 4.78 is 39.8. The van der Waals surface area contributed by atoms with Crippen LogP contribution >= 0.6 is 11.3 Å². The Labute approximate surface area is 128 Å². The van der Waals surface area contributed by atoms with Crippen LogP contribution in [0.2, 0.25) is 0 Å². The number of aromatic nitrogens is 1. The monoisotopic (exact) mass is 330 g/mol. The molecule has 0 atom stereocenters. The van der Waals surface area contributed by atoms with Crippen molar-refractivity contribution in [2.24, 2.45) is 0 Å². The normalized spacial score (nSPS) is 11.3. The lowest BCUT2D eigenvalue weighted by atomic mass is 10.1. The summed E-state index contributed by atoms with van der Waals surface area (Å²) in [6, 6.07) is 5.22. The first kappa shape index (κ1) is 16.3. The molecule has 0 aliphatic rings. The number of hydrogen-bond donors (Lipinski definition) is 1. The predicted octanol–water partition coefficient (Wildman–Crippen LogP) is 3.21. The SMILES string of the molecule is Cc1ncc(CNC(=O)Cc2ccc(OC(F)(F)F)cc2)s1. The number of amides is 1. The molecule has 22 heavy (non-hydrogen) atoms. The highest BCUT2D eigenvalue weighted by atomic mass is 32.1. The van der Waals surface area contributed by atoms with E-state index in [1.807, 2.05) is 6.92 Å². The zero-order chi connectivity index (χ0) is 16.2. The Hall–Kier alpha value is -2.09. The number of aryl methyl sites for hydroxylation is 1. The van der Waals surface area contributed by atoms with Gasteiger partial charge in [0.1, 0.15) is 5.75 Å². The Kier molecular flexibility index (Phi) is 5.02. The molecule has 1 amide bonds. The van der Waals surface area contributed by atoms with Gasteiger partial charge in [0.2, 0.25) is 5.91 Å². The molecule has 0 aliphatic heterocycles. The van der Waals surface area contributed by atoms with E-state index in [0.29, 0.717) is 12.1 Å². The molecular weight excluding hydrogens is 317 g/mol. The molecule has 8 heteroatoms. The quantitative estimate of drug-likeness (QED) is 0.916. The van der Waals surface area contributed by atoms with E-state index in [-0.39, 0.29) is 18.1 Å². The van der Waals surface area contributed by atoms with Gasteiger partial charge in [-0.15, -0.1) is 24.5 Å². The van der Waals surface area contributed by atoms with E-state index in [0.717, 1.165) is 9.88 Å². The lowest BCUT2D eigenvalue weighted by Crippen LogP contribution is -2.24. The second-order valence-corrected chi connectivity index (χ2v) is 5.81. The maximum atomic E-state index is 12.0. The number of ether oxygens (including phenoxy) is 1. The number of rotatable bonds is 5. The summed E-state index contributed by atoms with van der Waals surface area (Å²) in [6.07, 6.45) is -2.93. The molecule has 0 saturated heterocycles. The number of halogens is 3. The van der Waals surface area contributed by atoms with E-state index in [4.69, 9.17) is 0 Å². The fourth-order valence-electron chi connectivity index (χ4n) is 1.73. The van der Waals surface area contributed by atoms with Gasteiger partial charge < -0.3 is 10.1 Å². The summed E-state index contributed by atoms with van der Waals surface area (Å²) in [4.78, 5) is 16.8. The second kappa shape index (κ2) is 6.78. The third-order valence-electron chi connectivity index (χ3n) is 2.65. The fourth-order valence-corrected chi connectivity index (χ4v) is 2.46. The van der Waals surface area contributed by atoms with E-state index in [9.17, 15) is 18.0 Å². The van der Waals surface area contributed by atoms with Crippen molar-refractivity contribution in [1.29, 1.82) is 0 Å². The highest BCUT2D eigenvalue weighted by Gasteiger charge is 2.30. The van der Waals surface area contributed by atoms with Crippen LogP contribution in [0.3, 0.4) is 0 Å². The van der Waals surface area contributed by atoms with Crippen LogP contribution in [0.4, 0.5) is 13.2 Å². The number of hydrogen-bond acceptors (Lipinski definition) is 4. The van der Waals surface area contributed by atoms with E-state index >= 15 is 0 Å². The topological polar surface area (TPSA) is 51.2 Å². The van der Waals surface area contributed by atoms with Crippen molar-refractivity contribution in [3.8, 4) is 5.75 Å². The van der Waals surface area contributed by atoms with E-state index in [1.165, 1.54) is 35.6 Å². The number of nitrogens with one attached hydrogen (secondary N) is 1. The molecule has 0 fully saturated rings. The fraction of sp³-hybridized carbons (Fsp3) is 0.286. The van der Waals surface area contributed by atoms with E-state index in [1.54, 1.807) is 6.20 Å². The van der Waals surface area contributed by atoms with E-state index < -0.39 is 6.36 Å². The molecule has 0 aliphatic carbocycles. The van der Waals surface area contributed by atoms with Gasteiger partial charge in [0.05, 0.1) is 18.0 Å². The van der Waals surface area contributed by atoms with Gasteiger partial charge in [-0.2, -0.15) is 0 Å². The van der Waals surface area contributed by atoms with Gasteiger partial charge in [0, 0.05) is 11.1 Å². The highest BCUT2D eigenvalue weighted by Crippen LogP contribution is 2.22. The molecule has 0 spiro atoms. The van der Waals surface area contributed by atoms with Crippen molar-refractivity contribution in [3.63, 3.8) is 0 Å². The Bertz CT molecular complexity index is 638. The predicted molar refractivity (Wildman–Crippen MR) is 75.5 cm³/mol. The maximum absolute atomic E-state index is 12.0. The lowest BCUT2D eigenvalue weighted by Gasteiger charge is -2.09. The average molecular weight is 330 g/mol. The van der Waals surface area contributed by atoms with Crippen molar-refractivity contribution < 1.29 is 22.7 Å². The number of benzene rings is 1. The van der Waals surface area contributed by atoms with Gasteiger partial charge in [-0.05, 0) is 24.6 Å². The summed E-state index contributed by atoms with van der Waals surface area (Å²) >= 11 is 1.49. The minimum Gasteiger partial charge on any atom is -0.406 e. The number of carbonyl (C=O) groups excluding carboxylic acids is 1. The minimum atomic E-state index is -4.72. The van der Waals surface area contributed by atoms with Gasteiger partial charge in [-0.3, -0.25) is 4.79 Å². The third-order valence-corrected chi connectivity index (χ3v) is 3.56. The Morgan fingerprint density at radius 3 is 2.55 bits per heavy atom. The molecule has 1 aromatic carbocycles. The summed E-state index contributed by atoms with van der Waals surface area (Å²) in [5.74, 6) is -0.521. The van der Waals surface area contributed by atoms with Crippen LogP contribution in [0.5, 0.6) is 5.75 Å². The minimum absolute atomic E-state index is 0.0874. The summed E-state index contributed by atoms with van der Waals surface area (Å²) in [5, 5.41) is 3.65. The zero-order valence-electron chi connectivity index (χ0n) is 11.6. The Morgan fingerprint density at radius 2 is 2.00 bits per heavy atom. The standard InChI is InChI=1S/C14H13F3N2O2S/c1-9-18-7-12(22-9)8-19-13(20)6-10-2-4-11(5-3-10)21-14(15,16)17/h2-5,7H,6,8H2,1H3,(H,19,20). The molecular formula is C14H13F3N2O2S. The van der Waals surface area contributed by atoms with Crippen LogP contribution in [-0.4, -0.2) is 17.3 Å². The van der Waals surface area contributed by atoms with Crippen molar-refractivity contribution in [2.75, 3.05) is 0 Å². The van der Waals surface area contributed by atoms with Crippen molar-refractivity contribution in [3.05, 3.63) is 45.9 Å². The maximum Gasteiger partial charge on any atom is 0.573 e. The van der Waals surface area contributed by atoms with Crippen molar-refractivity contribution in [1.82, 2.24) is 10.3 Å². The molecule has 1 N–H and O–H groups in total. The zero-order valence-corrected chi connectivity index (χ0v) is 12.4. The van der Waals surface area contributed by atoms with Crippen molar-refractivity contribution >= 4 is 17.2 Å². The van der Waals surface area contributed by atoms with Crippen LogP contribution in [0.25, 0.3) is 0 Å². The van der Waals surface area contributed by atoms with Crippen LogP contribution in [0, 0.1) is 6.92 Å². The van der Waals surface area contributed by atoms with Gasteiger partial charge in [0.15, 0.2) is 0 Å². The van der Waals surface area contributed by atoms with E-state index in [2.05, 4.69) is 15.0 Å². The first-order valence-corrected chi connectivity index (χ1v) is 7.16. The average Bonchev–Trinajstić information content (AvgIpc) is 2.83. The number of nitrogens with zero attached hydrogens (tertiary/aromatic N) is 1. The Balaban J connectivity index is 1.83. The number of alkyl halides is 3.